The van der Waals surface area contributed by atoms with Crippen molar-refractivity contribution in [3.05, 3.63) is 15.6 Å². The molecular weight excluding hydrogens is 256 g/mol. The molecular formula is C15H24N2OS. The molecule has 1 aromatic heterocycles. The smallest absolute Gasteiger partial charge is 0.228 e. The third-order valence-electron chi connectivity index (χ3n) is 3.96. The molecule has 1 atom stereocenters. The van der Waals surface area contributed by atoms with Crippen LogP contribution in [0.15, 0.2) is 0 Å². The number of aryl methyl sites for hydroxylation is 2. The molecule has 19 heavy (non-hydrogen) atoms. The third kappa shape index (κ3) is 3.35. The molecule has 0 aromatic carbocycles. The molecule has 1 amide bonds. The van der Waals surface area contributed by atoms with E-state index in [9.17, 15) is 4.79 Å². The fourth-order valence-electron chi connectivity index (χ4n) is 2.94. The van der Waals surface area contributed by atoms with Crippen molar-refractivity contribution in [2.45, 2.75) is 59.4 Å². The molecule has 0 bridgehead atoms. The van der Waals surface area contributed by atoms with Gasteiger partial charge in [0.1, 0.15) is 0 Å². The molecule has 0 spiro atoms. The lowest BCUT2D eigenvalue weighted by Crippen LogP contribution is -2.47. The average Bonchev–Trinajstić information content (AvgIpc) is 2.67. The topological polar surface area (TPSA) is 33.2 Å². The van der Waals surface area contributed by atoms with Crippen LogP contribution in [0.4, 0.5) is 0 Å². The molecule has 0 radical (unpaired) electrons. The number of carbonyl (C=O) groups excluding carboxylic acids is 1. The van der Waals surface area contributed by atoms with Crippen molar-refractivity contribution in [1.82, 2.24) is 9.88 Å². The highest BCUT2D eigenvalue weighted by atomic mass is 32.1. The Hall–Kier alpha value is -0.900. The third-order valence-corrected chi connectivity index (χ3v) is 4.89. The molecule has 2 rings (SSSR count). The van der Waals surface area contributed by atoms with E-state index in [2.05, 4.69) is 30.7 Å². The predicted molar refractivity (Wildman–Crippen MR) is 79.5 cm³/mol. The van der Waals surface area contributed by atoms with E-state index < -0.39 is 0 Å². The van der Waals surface area contributed by atoms with Gasteiger partial charge in [-0.05, 0) is 39.0 Å². The van der Waals surface area contributed by atoms with Crippen LogP contribution < -0.4 is 0 Å². The molecule has 3 nitrogen and oxygen atoms in total. The summed E-state index contributed by atoms with van der Waals surface area (Å²) in [5.41, 5.74) is 0.973. The van der Waals surface area contributed by atoms with E-state index in [1.165, 1.54) is 11.3 Å². The molecule has 1 aromatic rings. The highest BCUT2D eigenvalue weighted by Gasteiger charge is 2.29. The number of amides is 1. The fourth-order valence-corrected chi connectivity index (χ4v) is 3.78. The highest BCUT2D eigenvalue weighted by molar-refractivity contribution is 7.11. The van der Waals surface area contributed by atoms with Crippen LogP contribution >= 0.6 is 11.3 Å². The maximum Gasteiger partial charge on any atom is 0.228 e. The molecule has 0 aliphatic carbocycles. The van der Waals surface area contributed by atoms with Gasteiger partial charge in [0.2, 0.25) is 5.91 Å². The summed E-state index contributed by atoms with van der Waals surface area (Å²) in [6.45, 7) is 9.42. The van der Waals surface area contributed by atoms with Gasteiger partial charge in [-0.1, -0.05) is 13.8 Å². The molecule has 2 heterocycles. The standard InChI is InChI=1S/C15H24N2OS/c1-10(2)14-7-5-6-8-17(14)15(18)9-13-11(3)19-12(4)16-13/h10,14H,5-9H2,1-4H3. The maximum absolute atomic E-state index is 12.5. The van der Waals surface area contributed by atoms with Gasteiger partial charge in [0.15, 0.2) is 0 Å². The molecule has 1 saturated heterocycles. The second kappa shape index (κ2) is 6.04. The lowest BCUT2D eigenvalue weighted by atomic mass is 9.92. The summed E-state index contributed by atoms with van der Waals surface area (Å²) in [6.07, 6.45) is 4.02. The lowest BCUT2D eigenvalue weighted by molar-refractivity contribution is -0.135. The van der Waals surface area contributed by atoms with Gasteiger partial charge in [0, 0.05) is 17.5 Å². The van der Waals surface area contributed by atoms with Crippen LogP contribution in [0.3, 0.4) is 0 Å². The second-order valence-corrected chi connectivity index (χ2v) is 7.21. The zero-order valence-electron chi connectivity index (χ0n) is 12.4. The van der Waals surface area contributed by atoms with Gasteiger partial charge in [-0.2, -0.15) is 0 Å². The SMILES string of the molecule is Cc1nc(CC(=O)N2CCCCC2C(C)C)c(C)s1. The predicted octanol–water partition coefficient (Wildman–Crippen LogP) is 3.34. The van der Waals surface area contributed by atoms with Gasteiger partial charge in [0.05, 0.1) is 17.1 Å². The number of carbonyl (C=O) groups is 1. The Labute approximate surface area is 120 Å². The van der Waals surface area contributed by atoms with Crippen molar-refractivity contribution >= 4 is 17.2 Å². The van der Waals surface area contributed by atoms with Crippen LogP contribution in [0.1, 0.15) is 48.7 Å². The van der Waals surface area contributed by atoms with Crippen LogP contribution in [-0.2, 0) is 11.2 Å². The number of nitrogens with zero attached hydrogens (tertiary/aromatic N) is 2. The average molecular weight is 280 g/mol. The number of hydrogen-bond acceptors (Lipinski definition) is 3. The summed E-state index contributed by atoms with van der Waals surface area (Å²) >= 11 is 1.68. The Balaban J connectivity index is 2.07. The number of piperidine rings is 1. The van der Waals surface area contributed by atoms with Gasteiger partial charge in [0.25, 0.3) is 0 Å². The summed E-state index contributed by atoms with van der Waals surface area (Å²) in [7, 11) is 0. The monoisotopic (exact) mass is 280 g/mol. The number of aromatic nitrogens is 1. The number of thiazole rings is 1. The minimum Gasteiger partial charge on any atom is -0.339 e. The summed E-state index contributed by atoms with van der Waals surface area (Å²) in [6, 6.07) is 0.418. The van der Waals surface area contributed by atoms with Crippen molar-refractivity contribution in [1.29, 1.82) is 0 Å². The van der Waals surface area contributed by atoms with Crippen molar-refractivity contribution in [3.63, 3.8) is 0 Å². The molecule has 1 aliphatic rings. The summed E-state index contributed by atoms with van der Waals surface area (Å²) < 4.78 is 0. The molecule has 0 saturated carbocycles. The van der Waals surface area contributed by atoms with Gasteiger partial charge in [-0.25, -0.2) is 4.98 Å². The molecule has 106 valence electrons. The van der Waals surface area contributed by atoms with Crippen LogP contribution in [0.2, 0.25) is 0 Å². The quantitative estimate of drug-likeness (QED) is 0.851. The number of rotatable bonds is 3. The summed E-state index contributed by atoms with van der Waals surface area (Å²) in [4.78, 5) is 20.3. The van der Waals surface area contributed by atoms with Crippen LogP contribution in [-0.4, -0.2) is 28.4 Å². The van der Waals surface area contributed by atoms with E-state index in [0.29, 0.717) is 18.4 Å². The molecule has 1 fully saturated rings. The largest absolute Gasteiger partial charge is 0.339 e. The number of likely N-dealkylation sites (tertiary alicyclic amines) is 1. The molecule has 1 aliphatic heterocycles. The number of hydrogen-bond donors (Lipinski definition) is 0. The van der Waals surface area contributed by atoms with Crippen LogP contribution in [0, 0.1) is 19.8 Å². The minimum atomic E-state index is 0.256. The summed E-state index contributed by atoms with van der Waals surface area (Å²) in [5.74, 6) is 0.800. The van der Waals surface area contributed by atoms with Crippen molar-refractivity contribution in [2.75, 3.05) is 6.54 Å². The molecule has 4 heteroatoms. The zero-order chi connectivity index (χ0) is 14.0. The van der Waals surface area contributed by atoms with Gasteiger partial charge in [-0.15, -0.1) is 11.3 Å². The summed E-state index contributed by atoms with van der Waals surface area (Å²) in [5, 5.41) is 1.05. The van der Waals surface area contributed by atoms with Gasteiger partial charge >= 0.3 is 0 Å². The van der Waals surface area contributed by atoms with Crippen molar-refractivity contribution in [3.8, 4) is 0 Å². The minimum absolute atomic E-state index is 0.256. The van der Waals surface area contributed by atoms with Gasteiger partial charge < -0.3 is 4.90 Å². The Kier molecular flexibility index (Phi) is 4.61. The van der Waals surface area contributed by atoms with E-state index in [1.807, 2.05) is 6.92 Å². The van der Waals surface area contributed by atoms with E-state index in [1.54, 1.807) is 11.3 Å². The van der Waals surface area contributed by atoms with E-state index in [4.69, 9.17) is 0 Å². The van der Waals surface area contributed by atoms with Crippen LogP contribution in [0.5, 0.6) is 0 Å². The Morgan fingerprint density at radius 3 is 2.74 bits per heavy atom. The first-order valence-corrected chi connectivity index (χ1v) is 8.03. The Bertz CT molecular complexity index is 453. The Morgan fingerprint density at radius 1 is 1.42 bits per heavy atom. The van der Waals surface area contributed by atoms with E-state index >= 15 is 0 Å². The normalized spacial score (nSPS) is 20.1. The molecule has 0 N–H and O–H groups in total. The lowest BCUT2D eigenvalue weighted by Gasteiger charge is -2.38. The maximum atomic E-state index is 12.5. The van der Waals surface area contributed by atoms with Crippen molar-refractivity contribution < 1.29 is 4.79 Å². The first-order valence-electron chi connectivity index (χ1n) is 7.21. The van der Waals surface area contributed by atoms with E-state index in [-0.39, 0.29) is 5.91 Å². The molecule has 1 unspecified atom stereocenters. The first-order chi connectivity index (χ1) is 8.99. The zero-order valence-corrected chi connectivity index (χ0v) is 13.2. The first kappa shape index (κ1) is 14.5. The second-order valence-electron chi connectivity index (χ2n) is 5.81. The highest BCUT2D eigenvalue weighted by Crippen LogP contribution is 2.25. The van der Waals surface area contributed by atoms with Gasteiger partial charge in [-0.3, -0.25) is 4.79 Å². The fraction of sp³-hybridized carbons (Fsp3) is 0.733. The van der Waals surface area contributed by atoms with E-state index in [0.717, 1.165) is 30.1 Å². The van der Waals surface area contributed by atoms with Crippen LogP contribution in [0.25, 0.3) is 0 Å². The van der Waals surface area contributed by atoms with Crippen molar-refractivity contribution in [2.24, 2.45) is 5.92 Å². The Morgan fingerprint density at radius 2 is 2.16 bits per heavy atom.